The Morgan fingerprint density at radius 1 is 0.840 bits per heavy atom. The van der Waals surface area contributed by atoms with Crippen molar-refractivity contribution in [3.8, 4) is 5.75 Å². The average Bonchev–Trinajstić information content (AvgIpc) is 3.06. The standard InChI is InChI=1S/C36H56N8O6/c1-5-24(4)50-35(49)31(20-25-12-7-6-8-13-25)44-33(47)29(15-9-10-16-37)42-34(48)30(21-27-22(2)18-26(45)19-23(27)3)43-32(46)28(38)14-11-17-41-36(39)40/h6-8,12-13,18-19,24,28-31,45H,5,9-11,14-17,20-21,37-38H2,1-4H3,(H,42,48)(H,43,46)(H,44,47)(H4,39,40,41)/t24?,28-,29+,30+,31+/m1/s1. The van der Waals surface area contributed by atoms with E-state index in [0.29, 0.717) is 32.2 Å². The van der Waals surface area contributed by atoms with E-state index in [9.17, 15) is 24.3 Å². The van der Waals surface area contributed by atoms with Crippen molar-refractivity contribution < 1.29 is 29.0 Å². The van der Waals surface area contributed by atoms with Gasteiger partial charge in [-0.15, -0.1) is 0 Å². The zero-order chi connectivity index (χ0) is 37.2. The SMILES string of the molecule is CCC(C)OC(=O)[C@H](Cc1ccccc1)NC(=O)[C@H](CCCCN)NC(=O)[C@H](Cc1c(C)cc(O)cc1C)NC(=O)[C@H](N)CCCN=C(N)N. The van der Waals surface area contributed by atoms with Gasteiger partial charge in [0.15, 0.2) is 5.96 Å². The Morgan fingerprint density at radius 2 is 1.44 bits per heavy atom. The molecule has 0 heterocycles. The molecule has 276 valence electrons. The molecule has 14 nitrogen and oxygen atoms in total. The van der Waals surface area contributed by atoms with Crippen molar-refractivity contribution in [2.75, 3.05) is 13.1 Å². The van der Waals surface area contributed by atoms with Crippen molar-refractivity contribution in [2.45, 2.75) is 109 Å². The minimum absolute atomic E-state index is 0.0608. The second-order valence-corrected chi connectivity index (χ2v) is 12.6. The molecule has 1 unspecified atom stereocenters. The van der Waals surface area contributed by atoms with Crippen LogP contribution in [0.5, 0.6) is 5.75 Å². The molecule has 2 aromatic carbocycles. The first-order valence-corrected chi connectivity index (χ1v) is 17.2. The Hall–Kier alpha value is -4.69. The van der Waals surface area contributed by atoms with Gasteiger partial charge >= 0.3 is 5.97 Å². The fourth-order valence-corrected chi connectivity index (χ4v) is 5.35. The molecule has 2 aromatic rings. The largest absolute Gasteiger partial charge is 0.508 e. The number of phenolic OH excluding ortho intramolecular Hbond substituents is 1. The van der Waals surface area contributed by atoms with Crippen molar-refractivity contribution in [2.24, 2.45) is 27.9 Å². The molecular weight excluding hydrogens is 640 g/mol. The Kier molecular flexibility index (Phi) is 17.8. The maximum atomic E-state index is 14.0. The highest BCUT2D eigenvalue weighted by atomic mass is 16.5. The number of benzene rings is 2. The van der Waals surface area contributed by atoms with Crippen LogP contribution in [0.25, 0.3) is 0 Å². The number of hydrogen-bond acceptors (Lipinski definition) is 9. The molecule has 0 aliphatic carbocycles. The number of rotatable bonds is 21. The van der Waals surface area contributed by atoms with Gasteiger partial charge in [0.1, 0.15) is 23.9 Å². The van der Waals surface area contributed by atoms with Crippen LogP contribution >= 0.6 is 0 Å². The molecule has 0 fully saturated rings. The van der Waals surface area contributed by atoms with Crippen LogP contribution < -0.4 is 38.9 Å². The zero-order valence-corrected chi connectivity index (χ0v) is 29.7. The molecule has 0 aliphatic rings. The predicted molar refractivity (Wildman–Crippen MR) is 194 cm³/mol. The smallest absolute Gasteiger partial charge is 0.329 e. The number of amides is 3. The minimum Gasteiger partial charge on any atom is -0.508 e. The number of aromatic hydroxyl groups is 1. The van der Waals surface area contributed by atoms with Crippen molar-refractivity contribution in [1.82, 2.24) is 16.0 Å². The molecule has 0 spiro atoms. The van der Waals surface area contributed by atoms with Gasteiger partial charge < -0.3 is 48.7 Å². The number of aliphatic imine (C=N–C) groups is 1. The van der Waals surface area contributed by atoms with Crippen LogP contribution in [-0.4, -0.2) is 78.1 Å². The monoisotopic (exact) mass is 696 g/mol. The fraction of sp³-hybridized carbons (Fsp3) is 0.528. The summed E-state index contributed by atoms with van der Waals surface area (Å²) in [7, 11) is 0. The second kappa shape index (κ2) is 21.4. The molecule has 12 N–H and O–H groups in total. The molecule has 2 rings (SSSR count). The zero-order valence-electron chi connectivity index (χ0n) is 29.7. The second-order valence-electron chi connectivity index (χ2n) is 12.6. The molecule has 5 atom stereocenters. The molecule has 3 amide bonds. The van der Waals surface area contributed by atoms with E-state index >= 15 is 0 Å². The number of nitrogens with one attached hydrogen (secondary N) is 3. The third-order valence-electron chi connectivity index (χ3n) is 8.38. The maximum Gasteiger partial charge on any atom is 0.329 e. The van der Waals surface area contributed by atoms with Gasteiger partial charge in [-0.3, -0.25) is 19.4 Å². The lowest BCUT2D eigenvalue weighted by Crippen LogP contribution is -2.58. The molecule has 50 heavy (non-hydrogen) atoms. The number of unbranched alkanes of at least 4 members (excludes halogenated alkanes) is 1. The van der Waals surface area contributed by atoms with Gasteiger partial charge in [-0.1, -0.05) is 37.3 Å². The first-order valence-electron chi connectivity index (χ1n) is 17.2. The van der Waals surface area contributed by atoms with E-state index in [4.69, 9.17) is 27.7 Å². The van der Waals surface area contributed by atoms with Gasteiger partial charge in [-0.25, -0.2) is 4.79 Å². The lowest BCUT2D eigenvalue weighted by atomic mass is 9.95. The van der Waals surface area contributed by atoms with Gasteiger partial charge in [0, 0.05) is 19.4 Å². The Labute approximate surface area is 295 Å². The van der Waals surface area contributed by atoms with E-state index in [2.05, 4.69) is 20.9 Å². The number of ether oxygens (including phenoxy) is 1. The summed E-state index contributed by atoms with van der Waals surface area (Å²) in [6.07, 6.45) is 2.54. The van der Waals surface area contributed by atoms with Crippen LogP contribution in [0.4, 0.5) is 0 Å². The summed E-state index contributed by atoms with van der Waals surface area (Å²) in [5.74, 6) is -2.33. The number of carbonyl (C=O) groups is 4. The van der Waals surface area contributed by atoms with Crippen LogP contribution in [0.15, 0.2) is 47.5 Å². The van der Waals surface area contributed by atoms with Crippen LogP contribution in [0.3, 0.4) is 0 Å². The summed E-state index contributed by atoms with van der Waals surface area (Å²) in [4.78, 5) is 58.3. The third-order valence-corrected chi connectivity index (χ3v) is 8.38. The van der Waals surface area contributed by atoms with Gasteiger partial charge in [0.2, 0.25) is 17.7 Å². The number of carbonyl (C=O) groups excluding carboxylic acids is 4. The minimum atomic E-state index is -1.13. The number of phenols is 1. The Morgan fingerprint density at radius 3 is 2.04 bits per heavy atom. The first kappa shape index (κ1) is 41.5. The van der Waals surface area contributed by atoms with Crippen LogP contribution in [0.1, 0.15) is 74.6 Å². The molecule has 0 bridgehead atoms. The van der Waals surface area contributed by atoms with E-state index < -0.39 is 47.9 Å². The van der Waals surface area contributed by atoms with E-state index in [-0.39, 0.29) is 50.0 Å². The molecule has 0 saturated heterocycles. The quantitative estimate of drug-likeness (QED) is 0.0399. The Bertz CT molecular complexity index is 1410. The number of guanidine groups is 1. The van der Waals surface area contributed by atoms with Gasteiger partial charge in [0.05, 0.1) is 12.1 Å². The lowest BCUT2D eigenvalue weighted by molar-refractivity contribution is -0.152. The summed E-state index contributed by atoms with van der Waals surface area (Å²) in [6, 6.07) is 8.22. The number of esters is 1. The van der Waals surface area contributed by atoms with Gasteiger partial charge in [-0.2, -0.15) is 0 Å². The van der Waals surface area contributed by atoms with Gasteiger partial charge in [-0.05, 0) is 100 Å². The normalized spacial score (nSPS) is 14.0. The topological polar surface area (TPSA) is 250 Å². The van der Waals surface area contributed by atoms with E-state index in [1.807, 2.05) is 37.3 Å². The van der Waals surface area contributed by atoms with Crippen LogP contribution in [0, 0.1) is 13.8 Å². The summed E-state index contributed by atoms with van der Waals surface area (Å²) in [5, 5.41) is 18.5. The number of nitrogens with zero attached hydrogens (tertiary/aromatic N) is 1. The molecule has 0 aliphatic heterocycles. The number of nitrogens with two attached hydrogens (primary N) is 4. The van der Waals surface area contributed by atoms with E-state index in [1.54, 1.807) is 32.9 Å². The van der Waals surface area contributed by atoms with Gasteiger partial charge in [0.25, 0.3) is 0 Å². The van der Waals surface area contributed by atoms with Crippen LogP contribution in [0.2, 0.25) is 0 Å². The highest BCUT2D eigenvalue weighted by Crippen LogP contribution is 2.22. The summed E-state index contributed by atoms with van der Waals surface area (Å²) >= 11 is 0. The highest BCUT2D eigenvalue weighted by Gasteiger charge is 2.32. The molecule has 14 heteroatoms. The third kappa shape index (κ3) is 14.4. The molecule has 0 radical (unpaired) electrons. The lowest BCUT2D eigenvalue weighted by Gasteiger charge is -2.27. The average molecular weight is 697 g/mol. The van der Waals surface area contributed by atoms with Crippen molar-refractivity contribution in [3.63, 3.8) is 0 Å². The summed E-state index contributed by atoms with van der Waals surface area (Å²) in [5.41, 5.74) is 25.6. The van der Waals surface area contributed by atoms with Crippen molar-refractivity contribution in [1.29, 1.82) is 0 Å². The van der Waals surface area contributed by atoms with Crippen molar-refractivity contribution in [3.05, 3.63) is 64.7 Å². The Balaban J connectivity index is 2.36. The molecular formula is C36H56N8O6. The number of aryl methyl sites for hydroxylation is 2. The molecule has 0 aromatic heterocycles. The van der Waals surface area contributed by atoms with Crippen molar-refractivity contribution >= 4 is 29.7 Å². The predicted octanol–water partition coefficient (Wildman–Crippen LogP) is 1.10. The highest BCUT2D eigenvalue weighted by molar-refractivity contribution is 5.94. The first-order chi connectivity index (χ1) is 23.7. The summed E-state index contributed by atoms with van der Waals surface area (Å²) < 4.78 is 5.59. The molecule has 0 saturated carbocycles. The maximum absolute atomic E-state index is 14.0. The van der Waals surface area contributed by atoms with Crippen LogP contribution in [-0.2, 0) is 36.8 Å². The van der Waals surface area contributed by atoms with E-state index in [0.717, 1.165) is 22.3 Å². The summed E-state index contributed by atoms with van der Waals surface area (Å²) in [6.45, 7) is 7.93. The fourth-order valence-electron chi connectivity index (χ4n) is 5.35. The van der Waals surface area contributed by atoms with E-state index in [1.165, 1.54) is 0 Å². The number of hydrogen-bond donors (Lipinski definition) is 8.